The number of halogens is 1. The van der Waals surface area contributed by atoms with Gasteiger partial charge in [0.25, 0.3) is 10.0 Å². The Morgan fingerprint density at radius 2 is 1.62 bits per heavy atom. The van der Waals surface area contributed by atoms with E-state index in [9.17, 15) is 13.2 Å². The van der Waals surface area contributed by atoms with Gasteiger partial charge < -0.3 is 5.32 Å². The van der Waals surface area contributed by atoms with Gasteiger partial charge in [-0.3, -0.25) is 9.52 Å². The highest BCUT2D eigenvalue weighted by Gasteiger charge is 2.16. The highest BCUT2D eigenvalue weighted by Crippen LogP contribution is 2.24. The van der Waals surface area contributed by atoms with Crippen molar-refractivity contribution in [1.29, 1.82) is 0 Å². The molecule has 0 saturated heterocycles. The van der Waals surface area contributed by atoms with Gasteiger partial charge in [-0.2, -0.15) is 0 Å². The van der Waals surface area contributed by atoms with Crippen molar-refractivity contribution in [3.63, 3.8) is 0 Å². The first-order valence-electron chi connectivity index (χ1n) is 10.4. The van der Waals surface area contributed by atoms with E-state index in [1.54, 1.807) is 37.3 Å². The maximum atomic E-state index is 12.7. The van der Waals surface area contributed by atoms with Crippen LogP contribution in [0.15, 0.2) is 71.6 Å². The largest absolute Gasteiger partial charge is 0.326 e. The summed E-state index contributed by atoms with van der Waals surface area (Å²) < 4.78 is 27.9. The second-order valence-corrected chi connectivity index (χ2v) is 10.2. The average molecular weight is 471 g/mol. The molecule has 0 unspecified atom stereocenters. The van der Waals surface area contributed by atoms with E-state index in [0.29, 0.717) is 35.2 Å². The Morgan fingerprint density at radius 3 is 2.25 bits per heavy atom. The summed E-state index contributed by atoms with van der Waals surface area (Å²) >= 11 is 5.97. The molecule has 0 aliphatic heterocycles. The topological polar surface area (TPSA) is 75.3 Å². The first-order valence-corrected chi connectivity index (χ1v) is 12.3. The third-order valence-electron chi connectivity index (χ3n) is 5.18. The molecular weight excluding hydrogens is 444 g/mol. The van der Waals surface area contributed by atoms with Crippen LogP contribution in [0.5, 0.6) is 0 Å². The normalized spacial score (nSPS) is 11.4. The average Bonchev–Trinajstić information content (AvgIpc) is 2.75. The standard InChI is InChI=1S/C25H27ClN2O3S/c1-17(2)20-8-5-19(6-9-20)7-15-25(29)27-22-11-13-23(14-12-22)32(30,31)28-24-16-21(26)10-4-18(24)3/h4-6,8-14,16-17,28H,7,15H2,1-3H3,(H,27,29). The zero-order valence-electron chi connectivity index (χ0n) is 18.4. The van der Waals surface area contributed by atoms with Crippen molar-refractivity contribution in [2.75, 3.05) is 10.0 Å². The van der Waals surface area contributed by atoms with Crippen LogP contribution in [0.25, 0.3) is 0 Å². The van der Waals surface area contributed by atoms with Crippen LogP contribution in [-0.4, -0.2) is 14.3 Å². The van der Waals surface area contributed by atoms with Crippen molar-refractivity contribution in [2.45, 2.75) is 44.4 Å². The van der Waals surface area contributed by atoms with Gasteiger partial charge in [0.15, 0.2) is 0 Å². The molecule has 0 aromatic heterocycles. The van der Waals surface area contributed by atoms with Crippen molar-refractivity contribution in [3.8, 4) is 0 Å². The number of carbonyl (C=O) groups is 1. The lowest BCUT2D eigenvalue weighted by Crippen LogP contribution is -2.15. The van der Waals surface area contributed by atoms with Crippen LogP contribution in [0.4, 0.5) is 11.4 Å². The number of sulfonamides is 1. The number of anilines is 2. The molecule has 0 saturated carbocycles. The number of aryl methyl sites for hydroxylation is 2. The van der Waals surface area contributed by atoms with Gasteiger partial charge in [0.05, 0.1) is 10.6 Å². The lowest BCUT2D eigenvalue weighted by molar-refractivity contribution is -0.116. The van der Waals surface area contributed by atoms with Gasteiger partial charge in [-0.15, -0.1) is 0 Å². The van der Waals surface area contributed by atoms with Gasteiger partial charge in [-0.25, -0.2) is 8.42 Å². The van der Waals surface area contributed by atoms with Crippen LogP contribution in [0, 0.1) is 6.92 Å². The predicted molar refractivity (Wildman–Crippen MR) is 131 cm³/mol. The van der Waals surface area contributed by atoms with E-state index in [-0.39, 0.29) is 10.8 Å². The first-order chi connectivity index (χ1) is 15.1. The van der Waals surface area contributed by atoms with Crippen LogP contribution in [-0.2, 0) is 21.2 Å². The second-order valence-electron chi connectivity index (χ2n) is 8.03. The fourth-order valence-corrected chi connectivity index (χ4v) is 4.47. The number of carbonyl (C=O) groups excluding carboxylic acids is 1. The molecule has 0 radical (unpaired) electrons. The van der Waals surface area contributed by atoms with E-state index in [2.05, 4.69) is 48.2 Å². The molecule has 3 rings (SSSR count). The molecule has 0 atom stereocenters. The summed E-state index contributed by atoms with van der Waals surface area (Å²) in [6, 6.07) is 19.4. The summed E-state index contributed by atoms with van der Waals surface area (Å²) in [7, 11) is -3.78. The molecule has 1 amide bonds. The molecule has 0 bridgehead atoms. The van der Waals surface area contributed by atoms with Gasteiger partial charge in [-0.1, -0.05) is 55.8 Å². The molecule has 0 aliphatic carbocycles. The number of amides is 1. The summed E-state index contributed by atoms with van der Waals surface area (Å²) in [6.07, 6.45) is 0.982. The number of benzene rings is 3. The summed E-state index contributed by atoms with van der Waals surface area (Å²) in [5.41, 5.74) is 4.11. The fraction of sp³-hybridized carbons (Fsp3) is 0.240. The number of nitrogens with one attached hydrogen (secondary N) is 2. The third kappa shape index (κ3) is 6.34. The van der Waals surface area contributed by atoms with E-state index < -0.39 is 10.0 Å². The predicted octanol–water partition coefficient (Wildman–Crippen LogP) is 6.14. The Bertz CT molecular complexity index is 1190. The minimum Gasteiger partial charge on any atom is -0.326 e. The zero-order chi connectivity index (χ0) is 23.3. The highest BCUT2D eigenvalue weighted by molar-refractivity contribution is 7.92. The smallest absolute Gasteiger partial charge is 0.261 e. The van der Waals surface area contributed by atoms with Crippen molar-refractivity contribution in [1.82, 2.24) is 0 Å². The van der Waals surface area contributed by atoms with Gasteiger partial charge in [-0.05, 0) is 72.4 Å². The maximum absolute atomic E-state index is 12.7. The molecule has 3 aromatic carbocycles. The van der Waals surface area contributed by atoms with Crippen molar-refractivity contribution in [3.05, 3.63) is 88.4 Å². The number of hydrogen-bond donors (Lipinski definition) is 2. The third-order valence-corrected chi connectivity index (χ3v) is 6.80. The fourth-order valence-electron chi connectivity index (χ4n) is 3.18. The van der Waals surface area contributed by atoms with Crippen molar-refractivity contribution < 1.29 is 13.2 Å². The molecule has 2 N–H and O–H groups in total. The molecule has 3 aromatic rings. The zero-order valence-corrected chi connectivity index (χ0v) is 19.9. The van der Waals surface area contributed by atoms with E-state index in [4.69, 9.17) is 11.6 Å². The first kappa shape index (κ1) is 23.8. The van der Waals surface area contributed by atoms with Crippen molar-refractivity contribution >= 4 is 38.9 Å². The number of hydrogen-bond acceptors (Lipinski definition) is 3. The molecule has 7 heteroatoms. The summed E-state index contributed by atoms with van der Waals surface area (Å²) in [5, 5.41) is 3.26. The Hall–Kier alpha value is -2.83. The van der Waals surface area contributed by atoms with E-state index in [1.807, 2.05) is 0 Å². The Morgan fingerprint density at radius 1 is 0.969 bits per heavy atom. The van der Waals surface area contributed by atoms with E-state index in [0.717, 1.165) is 11.1 Å². The molecular formula is C25H27ClN2O3S. The van der Waals surface area contributed by atoms with E-state index >= 15 is 0 Å². The second kappa shape index (κ2) is 10.2. The van der Waals surface area contributed by atoms with Gasteiger partial charge in [0.1, 0.15) is 0 Å². The molecule has 5 nitrogen and oxygen atoms in total. The Labute approximate surface area is 194 Å². The van der Waals surface area contributed by atoms with Gasteiger partial charge in [0.2, 0.25) is 5.91 Å². The van der Waals surface area contributed by atoms with Crippen LogP contribution in [0.2, 0.25) is 5.02 Å². The van der Waals surface area contributed by atoms with Crippen LogP contribution >= 0.6 is 11.6 Å². The lowest BCUT2D eigenvalue weighted by Gasteiger charge is -2.12. The van der Waals surface area contributed by atoms with E-state index in [1.165, 1.54) is 17.7 Å². The summed E-state index contributed by atoms with van der Waals surface area (Å²) in [5.74, 6) is 0.352. The summed E-state index contributed by atoms with van der Waals surface area (Å²) in [4.78, 5) is 12.4. The van der Waals surface area contributed by atoms with Crippen LogP contribution < -0.4 is 10.0 Å². The lowest BCUT2D eigenvalue weighted by atomic mass is 10.0. The molecule has 168 valence electrons. The van der Waals surface area contributed by atoms with Gasteiger partial charge >= 0.3 is 0 Å². The summed E-state index contributed by atoms with van der Waals surface area (Å²) in [6.45, 7) is 6.09. The van der Waals surface area contributed by atoms with Crippen LogP contribution in [0.1, 0.15) is 42.9 Å². The van der Waals surface area contributed by atoms with Crippen molar-refractivity contribution in [2.24, 2.45) is 0 Å². The highest BCUT2D eigenvalue weighted by atomic mass is 35.5. The monoisotopic (exact) mass is 470 g/mol. The Kier molecular flexibility index (Phi) is 7.59. The SMILES string of the molecule is Cc1ccc(Cl)cc1NS(=O)(=O)c1ccc(NC(=O)CCc2ccc(C(C)C)cc2)cc1. The number of rotatable bonds is 8. The quantitative estimate of drug-likeness (QED) is 0.415. The maximum Gasteiger partial charge on any atom is 0.261 e. The van der Waals surface area contributed by atoms with Gasteiger partial charge in [0, 0.05) is 17.1 Å². The molecule has 0 spiro atoms. The minimum absolute atomic E-state index is 0.0973. The molecule has 32 heavy (non-hydrogen) atoms. The van der Waals surface area contributed by atoms with Crippen LogP contribution in [0.3, 0.4) is 0 Å². The molecule has 0 fully saturated rings. The minimum atomic E-state index is -3.78. The molecule has 0 heterocycles. The molecule has 0 aliphatic rings. The Balaban J connectivity index is 1.58.